The van der Waals surface area contributed by atoms with Gasteiger partial charge in [0, 0.05) is 12.0 Å². The molecule has 2 aromatic heterocycles. The Morgan fingerprint density at radius 1 is 1.24 bits per heavy atom. The molecule has 25 heavy (non-hydrogen) atoms. The first-order valence-corrected chi connectivity index (χ1v) is 7.89. The lowest BCUT2D eigenvalue weighted by Gasteiger charge is -2.24. The lowest BCUT2D eigenvalue weighted by molar-refractivity contribution is -0.109. The summed E-state index contributed by atoms with van der Waals surface area (Å²) in [4.78, 5) is 33.1. The SMILES string of the molecule is COc1ccc(-c2nc3ccc(C(C)(C)CNC=O)cc3[nH]2)c(=O)[nH]1. The molecule has 0 saturated carbocycles. The first kappa shape index (κ1) is 16.8. The fourth-order valence-electron chi connectivity index (χ4n) is 2.72. The number of nitrogens with one attached hydrogen (secondary N) is 3. The van der Waals surface area contributed by atoms with Crippen molar-refractivity contribution < 1.29 is 9.53 Å². The van der Waals surface area contributed by atoms with Crippen LogP contribution in [-0.2, 0) is 10.2 Å². The van der Waals surface area contributed by atoms with Gasteiger partial charge >= 0.3 is 0 Å². The van der Waals surface area contributed by atoms with E-state index < -0.39 is 0 Å². The topological polar surface area (TPSA) is 99.9 Å². The van der Waals surface area contributed by atoms with Crippen molar-refractivity contribution in [2.45, 2.75) is 19.3 Å². The highest BCUT2D eigenvalue weighted by atomic mass is 16.5. The summed E-state index contributed by atoms with van der Waals surface area (Å²) < 4.78 is 5.01. The van der Waals surface area contributed by atoms with Crippen LogP contribution in [0.25, 0.3) is 22.4 Å². The minimum atomic E-state index is -0.269. The van der Waals surface area contributed by atoms with Crippen molar-refractivity contribution in [1.82, 2.24) is 20.3 Å². The number of fused-ring (bicyclic) bond motifs is 1. The maximum Gasteiger partial charge on any atom is 0.261 e. The Balaban J connectivity index is 2.01. The zero-order valence-corrected chi connectivity index (χ0v) is 14.3. The van der Waals surface area contributed by atoms with E-state index in [1.54, 1.807) is 12.1 Å². The van der Waals surface area contributed by atoms with Crippen LogP contribution in [0.5, 0.6) is 5.88 Å². The second kappa shape index (κ2) is 6.43. The first-order chi connectivity index (χ1) is 11.9. The third-order valence-electron chi connectivity index (χ3n) is 4.25. The van der Waals surface area contributed by atoms with E-state index in [0.29, 0.717) is 30.2 Å². The summed E-state index contributed by atoms with van der Waals surface area (Å²) in [5, 5.41) is 2.72. The third-order valence-corrected chi connectivity index (χ3v) is 4.25. The van der Waals surface area contributed by atoms with E-state index in [1.165, 1.54) is 7.11 Å². The number of carbonyl (C=O) groups is 1. The molecule has 3 aromatic rings. The molecule has 0 radical (unpaired) electrons. The van der Waals surface area contributed by atoms with Crippen LogP contribution in [0.3, 0.4) is 0 Å². The minimum absolute atomic E-state index is 0.224. The van der Waals surface area contributed by atoms with Crippen molar-refractivity contribution in [3.8, 4) is 17.3 Å². The van der Waals surface area contributed by atoms with Crippen LogP contribution in [0.4, 0.5) is 0 Å². The van der Waals surface area contributed by atoms with Gasteiger partial charge in [-0.3, -0.25) is 14.6 Å². The van der Waals surface area contributed by atoms with E-state index in [4.69, 9.17) is 4.74 Å². The molecule has 0 aliphatic carbocycles. The van der Waals surface area contributed by atoms with Crippen molar-refractivity contribution in [3.05, 3.63) is 46.2 Å². The molecule has 2 heterocycles. The molecule has 7 nitrogen and oxygen atoms in total. The molecular weight excluding hydrogens is 320 g/mol. The predicted octanol–water partition coefficient (Wildman–Crippen LogP) is 1.95. The first-order valence-electron chi connectivity index (χ1n) is 7.89. The number of carbonyl (C=O) groups excluding carboxylic acids is 1. The number of methoxy groups -OCH3 is 1. The molecule has 3 rings (SSSR count). The van der Waals surface area contributed by atoms with Gasteiger partial charge in [0.2, 0.25) is 6.41 Å². The van der Waals surface area contributed by atoms with Crippen LogP contribution in [0, 0.1) is 0 Å². The van der Waals surface area contributed by atoms with E-state index in [2.05, 4.69) is 34.1 Å². The van der Waals surface area contributed by atoms with Gasteiger partial charge < -0.3 is 15.0 Å². The van der Waals surface area contributed by atoms with Crippen LogP contribution in [0.2, 0.25) is 0 Å². The largest absolute Gasteiger partial charge is 0.482 e. The third kappa shape index (κ3) is 3.26. The zero-order chi connectivity index (χ0) is 18.0. The summed E-state index contributed by atoms with van der Waals surface area (Å²) in [6.07, 6.45) is 0.699. The van der Waals surface area contributed by atoms with Crippen LogP contribution < -0.4 is 15.6 Å². The van der Waals surface area contributed by atoms with Crippen molar-refractivity contribution in [2.24, 2.45) is 0 Å². The quantitative estimate of drug-likeness (QED) is 0.597. The number of ether oxygens (including phenoxy) is 1. The number of imidazole rings is 1. The van der Waals surface area contributed by atoms with Crippen molar-refractivity contribution in [2.75, 3.05) is 13.7 Å². The normalized spacial score (nSPS) is 11.5. The lowest BCUT2D eigenvalue weighted by Crippen LogP contribution is -2.32. The summed E-state index contributed by atoms with van der Waals surface area (Å²) in [6.45, 7) is 4.63. The maximum absolute atomic E-state index is 12.2. The van der Waals surface area contributed by atoms with Crippen LogP contribution in [0.1, 0.15) is 19.4 Å². The van der Waals surface area contributed by atoms with E-state index in [9.17, 15) is 9.59 Å². The van der Waals surface area contributed by atoms with Gasteiger partial charge in [-0.15, -0.1) is 0 Å². The van der Waals surface area contributed by atoms with Crippen LogP contribution in [0.15, 0.2) is 35.1 Å². The fourth-order valence-corrected chi connectivity index (χ4v) is 2.72. The van der Waals surface area contributed by atoms with Gasteiger partial charge in [0.15, 0.2) is 5.88 Å². The van der Waals surface area contributed by atoms with Crippen LogP contribution >= 0.6 is 0 Å². The molecular formula is C18H20N4O3. The lowest BCUT2D eigenvalue weighted by atomic mass is 9.84. The molecule has 0 fully saturated rings. The standard InChI is InChI=1S/C18H20N4O3/c1-18(2,9-19-10-23)11-4-6-13-14(8-11)21-16(20-13)12-5-7-15(25-3)22-17(12)24/h4-8,10H,9H2,1-3H3,(H,19,23)(H,20,21)(H,22,24). The molecule has 0 spiro atoms. The summed E-state index contributed by atoms with van der Waals surface area (Å²) in [6, 6.07) is 9.25. The molecule has 0 aliphatic heterocycles. The Kier molecular flexibility index (Phi) is 4.31. The van der Waals surface area contributed by atoms with Crippen molar-refractivity contribution in [1.29, 1.82) is 0 Å². The Morgan fingerprint density at radius 3 is 2.72 bits per heavy atom. The number of H-pyrrole nitrogens is 2. The molecule has 0 saturated heterocycles. The minimum Gasteiger partial charge on any atom is -0.482 e. The van der Waals surface area contributed by atoms with Gasteiger partial charge in [-0.05, 0) is 29.8 Å². The highest BCUT2D eigenvalue weighted by Crippen LogP contribution is 2.26. The van der Waals surface area contributed by atoms with E-state index in [0.717, 1.165) is 16.6 Å². The average Bonchev–Trinajstić information content (AvgIpc) is 3.02. The molecule has 1 amide bonds. The van der Waals surface area contributed by atoms with Gasteiger partial charge in [0.05, 0.1) is 23.7 Å². The Bertz CT molecular complexity index is 972. The number of aromatic nitrogens is 3. The molecule has 130 valence electrons. The molecule has 0 bridgehead atoms. The second-order valence-corrected chi connectivity index (χ2v) is 6.47. The highest BCUT2D eigenvalue weighted by Gasteiger charge is 2.21. The number of pyridine rings is 1. The number of aromatic amines is 2. The number of hydrogen-bond donors (Lipinski definition) is 3. The van der Waals surface area contributed by atoms with Crippen molar-refractivity contribution >= 4 is 17.4 Å². The van der Waals surface area contributed by atoms with Gasteiger partial charge in [0.25, 0.3) is 5.56 Å². The summed E-state index contributed by atoms with van der Waals surface area (Å²) in [5.41, 5.74) is 2.62. The average molecular weight is 340 g/mol. The number of benzene rings is 1. The van der Waals surface area contributed by atoms with Gasteiger partial charge in [-0.1, -0.05) is 19.9 Å². The number of hydrogen-bond acceptors (Lipinski definition) is 4. The van der Waals surface area contributed by atoms with Crippen molar-refractivity contribution in [3.63, 3.8) is 0 Å². The molecule has 0 unspecified atom stereocenters. The zero-order valence-electron chi connectivity index (χ0n) is 14.3. The van der Waals surface area contributed by atoms with Crippen LogP contribution in [-0.4, -0.2) is 35.0 Å². The smallest absolute Gasteiger partial charge is 0.261 e. The molecule has 3 N–H and O–H groups in total. The fraction of sp³-hybridized carbons (Fsp3) is 0.278. The summed E-state index contributed by atoms with van der Waals surface area (Å²) in [5.74, 6) is 0.899. The van der Waals surface area contributed by atoms with Gasteiger partial charge in [-0.2, -0.15) is 0 Å². The highest BCUT2D eigenvalue weighted by molar-refractivity contribution is 5.80. The van der Waals surface area contributed by atoms with E-state index in [-0.39, 0.29) is 11.0 Å². The Morgan fingerprint density at radius 2 is 2.04 bits per heavy atom. The predicted molar refractivity (Wildman–Crippen MR) is 95.8 cm³/mol. The monoisotopic (exact) mass is 340 g/mol. The molecule has 1 aromatic carbocycles. The number of nitrogens with zero attached hydrogens (tertiary/aromatic N) is 1. The van der Waals surface area contributed by atoms with Gasteiger partial charge in [0.1, 0.15) is 5.82 Å². The molecule has 7 heteroatoms. The number of rotatable bonds is 6. The number of amides is 1. The second-order valence-electron chi connectivity index (χ2n) is 6.47. The summed E-state index contributed by atoms with van der Waals surface area (Å²) >= 11 is 0. The molecule has 0 aliphatic rings. The Hall–Kier alpha value is -3.09. The molecule has 0 atom stereocenters. The maximum atomic E-state index is 12.2. The van der Waals surface area contributed by atoms with E-state index in [1.807, 2.05) is 18.2 Å². The summed E-state index contributed by atoms with van der Waals surface area (Å²) in [7, 11) is 1.49. The Labute approximate surface area is 144 Å². The van der Waals surface area contributed by atoms with Gasteiger partial charge in [-0.25, -0.2) is 4.98 Å². The van der Waals surface area contributed by atoms with E-state index >= 15 is 0 Å².